The van der Waals surface area contributed by atoms with Gasteiger partial charge in [0.15, 0.2) is 6.61 Å². The van der Waals surface area contributed by atoms with Crippen LogP contribution in [0.3, 0.4) is 0 Å². The third-order valence-electron chi connectivity index (χ3n) is 2.88. The summed E-state index contributed by atoms with van der Waals surface area (Å²) in [5, 5.41) is 2.75. The van der Waals surface area contributed by atoms with Crippen LogP contribution in [-0.2, 0) is 11.3 Å². The van der Waals surface area contributed by atoms with E-state index in [1.807, 2.05) is 18.2 Å². The second kappa shape index (κ2) is 7.31. The van der Waals surface area contributed by atoms with E-state index >= 15 is 0 Å². The van der Waals surface area contributed by atoms with Gasteiger partial charge >= 0.3 is 0 Å². The number of hydrogen-bond donors (Lipinski definition) is 2. The van der Waals surface area contributed by atoms with Crippen molar-refractivity contribution in [3.63, 3.8) is 0 Å². The second-order valence-electron chi connectivity index (χ2n) is 4.42. The molecule has 1 amide bonds. The molecule has 0 aliphatic heterocycles. The number of rotatable bonds is 6. The number of nitrogens with one attached hydrogen (secondary N) is 1. The number of nitrogens with two attached hydrogens (primary N) is 1. The van der Waals surface area contributed by atoms with Crippen LogP contribution in [0.5, 0.6) is 11.5 Å². The first-order valence-electron chi connectivity index (χ1n) is 6.57. The molecule has 0 aliphatic carbocycles. The first-order valence-corrected chi connectivity index (χ1v) is 6.57. The van der Waals surface area contributed by atoms with Crippen molar-refractivity contribution in [2.45, 2.75) is 6.54 Å². The van der Waals surface area contributed by atoms with Crippen molar-refractivity contribution in [3.05, 3.63) is 54.1 Å². The van der Waals surface area contributed by atoms with E-state index in [1.54, 1.807) is 37.4 Å². The second-order valence-corrected chi connectivity index (χ2v) is 4.42. The van der Waals surface area contributed by atoms with Gasteiger partial charge in [0.25, 0.3) is 5.91 Å². The van der Waals surface area contributed by atoms with E-state index in [4.69, 9.17) is 15.2 Å². The highest BCUT2D eigenvalue weighted by Gasteiger charge is 2.04. The first-order chi connectivity index (χ1) is 10.2. The molecule has 0 spiro atoms. The van der Waals surface area contributed by atoms with E-state index in [1.165, 1.54) is 0 Å². The third kappa shape index (κ3) is 4.50. The van der Waals surface area contributed by atoms with Crippen LogP contribution in [0.15, 0.2) is 48.5 Å². The summed E-state index contributed by atoms with van der Waals surface area (Å²) in [6.07, 6.45) is 0. The average molecular weight is 286 g/mol. The minimum absolute atomic E-state index is 0.0564. The summed E-state index contributed by atoms with van der Waals surface area (Å²) in [7, 11) is 1.58. The molecule has 0 saturated heterocycles. The van der Waals surface area contributed by atoms with Crippen LogP contribution in [0.4, 0.5) is 5.69 Å². The van der Waals surface area contributed by atoms with Crippen LogP contribution in [0.2, 0.25) is 0 Å². The average Bonchev–Trinajstić information content (AvgIpc) is 2.53. The number of anilines is 1. The number of benzene rings is 2. The van der Waals surface area contributed by atoms with E-state index in [2.05, 4.69) is 5.32 Å². The van der Waals surface area contributed by atoms with Crippen molar-refractivity contribution in [3.8, 4) is 11.5 Å². The number of methoxy groups -OCH3 is 1. The Balaban J connectivity index is 1.86. The summed E-state index contributed by atoms with van der Waals surface area (Å²) in [5.41, 5.74) is 7.20. The molecule has 2 rings (SSSR count). The zero-order valence-electron chi connectivity index (χ0n) is 11.8. The lowest BCUT2D eigenvalue weighted by Gasteiger charge is -2.09. The Morgan fingerprint density at radius 3 is 2.57 bits per heavy atom. The van der Waals surface area contributed by atoms with Crippen molar-refractivity contribution in [1.82, 2.24) is 0 Å². The molecular formula is C16H18N2O3. The molecule has 0 saturated carbocycles. The molecule has 0 radical (unpaired) electrons. The molecule has 0 aromatic heterocycles. The van der Waals surface area contributed by atoms with E-state index in [0.717, 1.165) is 5.56 Å². The summed E-state index contributed by atoms with van der Waals surface area (Å²) in [4.78, 5) is 11.8. The van der Waals surface area contributed by atoms with Gasteiger partial charge < -0.3 is 20.5 Å². The zero-order chi connectivity index (χ0) is 15.1. The third-order valence-corrected chi connectivity index (χ3v) is 2.88. The molecule has 110 valence electrons. The monoisotopic (exact) mass is 286 g/mol. The summed E-state index contributed by atoms with van der Waals surface area (Å²) >= 11 is 0. The van der Waals surface area contributed by atoms with Crippen LogP contribution in [0, 0.1) is 0 Å². The lowest BCUT2D eigenvalue weighted by molar-refractivity contribution is -0.118. The highest BCUT2D eigenvalue weighted by molar-refractivity contribution is 5.92. The predicted molar refractivity (Wildman–Crippen MR) is 81.5 cm³/mol. The van der Waals surface area contributed by atoms with Crippen molar-refractivity contribution in [2.75, 3.05) is 19.0 Å². The lowest BCUT2D eigenvalue weighted by atomic mass is 10.2. The minimum Gasteiger partial charge on any atom is -0.497 e. The maximum atomic E-state index is 11.8. The number of carbonyl (C=O) groups excluding carboxylic acids is 1. The molecule has 0 bridgehead atoms. The Bertz CT molecular complexity index is 597. The summed E-state index contributed by atoms with van der Waals surface area (Å²) in [5.74, 6) is 1.09. The molecule has 0 unspecified atom stereocenters. The van der Waals surface area contributed by atoms with Crippen LogP contribution >= 0.6 is 0 Å². The van der Waals surface area contributed by atoms with E-state index < -0.39 is 0 Å². The van der Waals surface area contributed by atoms with Crippen molar-refractivity contribution >= 4 is 11.6 Å². The maximum Gasteiger partial charge on any atom is 0.262 e. The number of ether oxygens (including phenoxy) is 2. The lowest BCUT2D eigenvalue weighted by Crippen LogP contribution is -2.20. The number of carbonyl (C=O) groups is 1. The van der Waals surface area contributed by atoms with Gasteiger partial charge in [-0.25, -0.2) is 0 Å². The fourth-order valence-electron chi connectivity index (χ4n) is 1.77. The van der Waals surface area contributed by atoms with Gasteiger partial charge in [-0.05, 0) is 29.8 Å². The van der Waals surface area contributed by atoms with Gasteiger partial charge in [-0.3, -0.25) is 4.79 Å². The molecule has 3 N–H and O–H groups in total. The minimum atomic E-state index is -0.230. The van der Waals surface area contributed by atoms with Crippen molar-refractivity contribution < 1.29 is 14.3 Å². The van der Waals surface area contributed by atoms with Gasteiger partial charge in [0.05, 0.1) is 7.11 Å². The van der Waals surface area contributed by atoms with Gasteiger partial charge in [0.2, 0.25) is 0 Å². The standard InChI is InChI=1S/C16H18N2O3/c1-20-15-4-2-3-13(9-15)18-16(19)11-21-14-7-5-12(10-17)6-8-14/h2-9H,10-11,17H2,1H3,(H,18,19). The molecule has 5 heteroatoms. The van der Waals surface area contributed by atoms with Crippen LogP contribution in [0.1, 0.15) is 5.56 Å². The molecule has 0 aliphatic rings. The molecule has 2 aromatic rings. The number of amides is 1. The molecular weight excluding hydrogens is 268 g/mol. The Morgan fingerprint density at radius 1 is 1.14 bits per heavy atom. The van der Waals surface area contributed by atoms with Gasteiger partial charge in [0.1, 0.15) is 11.5 Å². The van der Waals surface area contributed by atoms with Crippen molar-refractivity contribution in [2.24, 2.45) is 5.73 Å². The normalized spacial score (nSPS) is 10.0. The van der Waals surface area contributed by atoms with Crippen LogP contribution in [0.25, 0.3) is 0 Å². The zero-order valence-corrected chi connectivity index (χ0v) is 11.8. The van der Waals surface area contributed by atoms with Crippen LogP contribution < -0.4 is 20.5 Å². The summed E-state index contributed by atoms with van der Waals surface area (Å²) in [6, 6.07) is 14.5. The molecule has 2 aromatic carbocycles. The molecule has 0 atom stereocenters. The topological polar surface area (TPSA) is 73.6 Å². The predicted octanol–water partition coefficient (Wildman–Crippen LogP) is 2.17. The van der Waals surface area contributed by atoms with Gasteiger partial charge in [-0.15, -0.1) is 0 Å². The fourth-order valence-corrected chi connectivity index (χ4v) is 1.77. The largest absolute Gasteiger partial charge is 0.497 e. The Kier molecular flexibility index (Phi) is 5.17. The number of hydrogen-bond acceptors (Lipinski definition) is 4. The van der Waals surface area contributed by atoms with Gasteiger partial charge in [-0.2, -0.15) is 0 Å². The van der Waals surface area contributed by atoms with Gasteiger partial charge in [-0.1, -0.05) is 18.2 Å². The molecule has 0 fully saturated rings. The fraction of sp³-hybridized carbons (Fsp3) is 0.188. The first kappa shape index (κ1) is 14.9. The Labute approximate surface area is 123 Å². The maximum absolute atomic E-state index is 11.8. The van der Waals surface area contributed by atoms with E-state index in [9.17, 15) is 4.79 Å². The van der Waals surface area contributed by atoms with E-state index in [-0.39, 0.29) is 12.5 Å². The van der Waals surface area contributed by atoms with Crippen LogP contribution in [-0.4, -0.2) is 19.6 Å². The highest BCUT2D eigenvalue weighted by atomic mass is 16.5. The molecule has 5 nitrogen and oxygen atoms in total. The Morgan fingerprint density at radius 2 is 1.90 bits per heavy atom. The SMILES string of the molecule is COc1cccc(NC(=O)COc2ccc(CN)cc2)c1. The quantitative estimate of drug-likeness (QED) is 0.853. The molecule has 21 heavy (non-hydrogen) atoms. The van der Waals surface area contributed by atoms with Gasteiger partial charge in [0, 0.05) is 18.3 Å². The Hall–Kier alpha value is -2.53. The summed E-state index contributed by atoms with van der Waals surface area (Å²) < 4.78 is 10.5. The van der Waals surface area contributed by atoms with E-state index in [0.29, 0.717) is 23.7 Å². The highest BCUT2D eigenvalue weighted by Crippen LogP contribution is 2.17. The van der Waals surface area contributed by atoms with Crippen molar-refractivity contribution in [1.29, 1.82) is 0 Å². The summed E-state index contributed by atoms with van der Waals surface area (Å²) in [6.45, 7) is 0.426. The molecule has 0 heterocycles. The smallest absolute Gasteiger partial charge is 0.262 e.